The summed E-state index contributed by atoms with van der Waals surface area (Å²) in [6.45, 7) is 2.18. The zero-order valence-electron chi connectivity index (χ0n) is 15.9. The Balaban J connectivity index is 0.00000280. The van der Waals surface area contributed by atoms with E-state index in [0.29, 0.717) is 6.61 Å². The summed E-state index contributed by atoms with van der Waals surface area (Å²) >= 11 is 6.15. The van der Waals surface area contributed by atoms with Crippen molar-refractivity contribution in [2.75, 3.05) is 13.7 Å². The van der Waals surface area contributed by atoms with Crippen LogP contribution in [0.4, 0.5) is 0 Å². The highest BCUT2D eigenvalue weighted by Gasteiger charge is 2.02. The third kappa shape index (κ3) is 6.45. The second-order valence-corrected chi connectivity index (χ2v) is 6.67. The molecule has 3 aromatic rings. The Morgan fingerprint density at radius 1 is 0.857 bits per heavy atom. The van der Waals surface area contributed by atoms with Gasteiger partial charge in [0.25, 0.3) is 0 Å². The molecule has 0 aromatic heterocycles. The fourth-order valence-corrected chi connectivity index (χ4v) is 3.04. The van der Waals surface area contributed by atoms with Crippen LogP contribution < -0.4 is 14.8 Å². The topological polar surface area (TPSA) is 30.5 Å². The molecule has 28 heavy (non-hydrogen) atoms. The van der Waals surface area contributed by atoms with Gasteiger partial charge in [0.05, 0.1) is 7.11 Å². The maximum atomic E-state index is 6.15. The molecule has 148 valence electrons. The number of halogens is 2. The smallest absolute Gasteiger partial charge is 0.122 e. The number of hydrogen-bond acceptors (Lipinski definition) is 3. The van der Waals surface area contributed by atoms with Gasteiger partial charge in [0.1, 0.15) is 18.1 Å². The quantitative estimate of drug-likeness (QED) is 0.454. The number of para-hydroxylation sites is 1. The second kappa shape index (κ2) is 11.6. The average molecular weight is 418 g/mol. The van der Waals surface area contributed by atoms with Crippen molar-refractivity contribution in [3.05, 3.63) is 94.5 Å². The third-order valence-electron chi connectivity index (χ3n) is 4.37. The minimum atomic E-state index is 0. The number of benzene rings is 3. The summed E-state index contributed by atoms with van der Waals surface area (Å²) in [5, 5.41) is 4.20. The minimum absolute atomic E-state index is 0. The lowest BCUT2D eigenvalue weighted by atomic mass is 10.1. The Bertz CT molecular complexity index is 853. The first-order chi connectivity index (χ1) is 13.3. The van der Waals surface area contributed by atoms with Gasteiger partial charge in [-0.05, 0) is 48.4 Å². The van der Waals surface area contributed by atoms with Gasteiger partial charge in [-0.25, -0.2) is 0 Å². The molecule has 3 nitrogen and oxygen atoms in total. The van der Waals surface area contributed by atoms with Crippen LogP contribution in [0.2, 0.25) is 5.02 Å². The van der Waals surface area contributed by atoms with Crippen molar-refractivity contribution >= 4 is 24.0 Å². The van der Waals surface area contributed by atoms with Crippen LogP contribution in [0.3, 0.4) is 0 Å². The molecular formula is C23H25Cl2NO2. The first-order valence-electron chi connectivity index (χ1n) is 9.04. The first kappa shape index (κ1) is 22.1. The van der Waals surface area contributed by atoms with E-state index in [9.17, 15) is 0 Å². The van der Waals surface area contributed by atoms with Crippen LogP contribution in [0.25, 0.3) is 0 Å². The Kier molecular flexibility index (Phi) is 9.15. The van der Waals surface area contributed by atoms with Crippen molar-refractivity contribution in [1.82, 2.24) is 5.32 Å². The zero-order valence-corrected chi connectivity index (χ0v) is 17.4. The second-order valence-electron chi connectivity index (χ2n) is 6.26. The molecule has 0 spiro atoms. The highest BCUT2D eigenvalue weighted by molar-refractivity contribution is 6.31. The summed E-state index contributed by atoms with van der Waals surface area (Å²) in [4.78, 5) is 0. The molecule has 0 amide bonds. The van der Waals surface area contributed by atoms with E-state index in [1.807, 2.05) is 54.6 Å². The molecule has 0 atom stereocenters. The zero-order chi connectivity index (χ0) is 18.9. The molecule has 3 rings (SSSR count). The van der Waals surface area contributed by atoms with Crippen LogP contribution in [-0.2, 0) is 19.6 Å². The van der Waals surface area contributed by atoms with Crippen LogP contribution in [-0.4, -0.2) is 13.7 Å². The van der Waals surface area contributed by atoms with Crippen molar-refractivity contribution in [1.29, 1.82) is 0 Å². The minimum Gasteiger partial charge on any atom is -0.496 e. The molecule has 3 aromatic carbocycles. The molecular weight excluding hydrogens is 393 g/mol. The predicted octanol–water partition coefficient (Wildman–Crippen LogP) is 5.68. The molecule has 0 fully saturated rings. The van der Waals surface area contributed by atoms with Gasteiger partial charge in [0, 0.05) is 17.1 Å². The van der Waals surface area contributed by atoms with Gasteiger partial charge in [0.15, 0.2) is 0 Å². The molecule has 1 N–H and O–H groups in total. The van der Waals surface area contributed by atoms with E-state index in [1.54, 1.807) is 7.11 Å². The van der Waals surface area contributed by atoms with Crippen molar-refractivity contribution in [2.45, 2.75) is 19.6 Å². The van der Waals surface area contributed by atoms with E-state index >= 15 is 0 Å². The van der Waals surface area contributed by atoms with Crippen LogP contribution in [0.15, 0.2) is 72.8 Å². The Morgan fingerprint density at radius 3 is 2.25 bits per heavy atom. The molecule has 0 saturated carbocycles. The summed E-state index contributed by atoms with van der Waals surface area (Å²) in [5.74, 6) is 1.78. The molecule has 0 aliphatic rings. The fourth-order valence-electron chi connectivity index (χ4n) is 2.85. The molecule has 0 bridgehead atoms. The fraction of sp³-hybridized carbons (Fsp3) is 0.217. The van der Waals surface area contributed by atoms with E-state index in [2.05, 4.69) is 23.5 Å². The summed E-state index contributed by atoms with van der Waals surface area (Å²) in [6, 6.07) is 24.0. The molecule has 5 heteroatoms. The van der Waals surface area contributed by atoms with Crippen LogP contribution in [0.5, 0.6) is 11.5 Å². The van der Waals surface area contributed by atoms with Crippen LogP contribution >= 0.6 is 24.0 Å². The maximum absolute atomic E-state index is 6.15. The summed E-state index contributed by atoms with van der Waals surface area (Å²) < 4.78 is 11.2. The molecule has 0 unspecified atom stereocenters. The Labute approximate surface area is 178 Å². The molecule has 0 radical (unpaired) electrons. The Morgan fingerprint density at radius 2 is 1.54 bits per heavy atom. The normalized spacial score (nSPS) is 10.2. The van der Waals surface area contributed by atoms with Gasteiger partial charge >= 0.3 is 0 Å². The predicted molar refractivity (Wildman–Crippen MR) is 118 cm³/mol. The standard InChI is InChI=1S/C23H24ClNO2.ClH/c1-26-23-9-5-3-6-19(23)14-15-25-16-18-10-12-21(13-11-18)27-17-20-7-2-4-8-22(20)24;/h2-13,25H,14-17H2,1H3;1H. The highest BCUT2D eigenvalue weighted by atomic mass is 35.5. The average Bonchev–Trinajstić information content (AvgIpc) is 2.72. The first-order valence-corrected chi connectivity index (χ1v) is 9.42. The highest BCUT2D eigenvalue weighted by Crippen LogP contribution is 2.19. The SMILES string of the molecule is COc1ccccc1CCNCc1ccc(OCc2ccccc2Cl)cc1.Cl. The number of nitrogens with one attached hydrogen (secondary N) is 1. The van der Waals surface area contributed by atoms with Gasteiger partial charge < -0.3 is 14.8 Å². The van der Waals surface area contributed by atoms with E-state index in [4.69, 9.17) is 21.1 Å². The van der Waals surface area contributed by atoms with Crippen molar-refractivity contribution in [2.24, 2.45) is 0 Å². The molecule has 0 aliphatic heterocycles. The Hall–Kier alpha value is -2.20. The van der Waals surface area contributed by atoms with Crippen LogP contribution in [0.1, 0.15) is 16.7 Å². The molecule has 0 heterocycles. The molecule has 0 saturated heterocycles. The molecule has 0 aliphatic carbocycles. The lowest BCUT2D eigenvalue weighted by Gasteiger charge is -2.10. The summed E-state index contributed by atoms with van der Waals surface area (Å²) in [6.07, 6.45) is 0.934. The maximum Gasteiger partial charge on any atom is 0.122 e. The largest absolute Gasteiger partial charge is 0.496 e. The van der Waals surface area contributed by atoms with Gasteiger partial charge in [0.2, 0.25) is 0 Å². The number of rotatable bonds is 9. The van der Waals surface area contributed by atoms with Crippen molar-refractivity contribution < 1.29 is 9.47 Å². The van der Waals surface area contributed by atoms with Crippen LogP contribution in [0, 0.1) is 0 Å². The summed E-state index contributed by atoms with van der Waals surface area (Å²) in [7, 11) is 1.71. The number of methoxy groups -OCH3 is 1. The van der Waals surface area contributed by atoms with E-state index in [1.165, 1.54) is 11.1 Å². The lowest BCUT2D eigenvalue weighted by molar-refractivity contribution is 0.306. The van der Waals surface area contributed by atoms with Crippen molar-refractivity contribution in [3.63, 3.8) is 0 Å². The monoisotopic (exact) mass is 417 g/mol. The van der Waals surface area contributed by atoms with Gasteiger partial charge in [-0.1, -0.05) is 60.1 Å². The van der Waals surface area contributed by atoms with Gasteiger partial charge in [-0.15, -0.1) is 12.4 Å². The van der Waals surface area contributed by atoms with Crippen molar-refractivity contribution in [3.8, 4) is 11.5 Å². The number of hydrogen-bond donors (Lipinski definition) is 1. The van der Waals surface area contributed by atoms with E-state index in [0.717, 1.165) is 41.6 Å². The number of ether oxygens (including phenoxy) is 2. The summed E-state index contributed by atoms with van der Waals surface area (Å²) in [5.41, 5.74) is 3.43. The third-order valence-corrected chi connectivity index (χ3v) is 4.74. The van der Waals surface area contributed by atoms with Gasteiger partial charge in [-0.3, -0.25) is 0 Å². The van der Waals surface area contributed by atoms with E-state index < -0.39 is 0 Å². The lowest BCUT2D eigenvalue weighted by Crippen LogP contribution is -2.16. The van der Waals surface area contributed by atoms with Gasteiger partial charge in [-0.2, -0.15) is 0 Å². The van der Waals surface area contributed by atoms with E-state index in [-0.39, 0.29) is 12.4 Å².